The Bertz CT molecular complexity index is 1200. The van der Waals surface area contributed by atoms with E-state index in [0.29, 0.717) is 27.8 Å². The van der Waals surface area contributed by atoms with E-state index in [0.717, 1.165) is 10.5 Å². The molecule has 3 aromatic rings. The number of thioether (sulfide) groups is 1. The molecule has 0 heterocycles. The van der Waals surface area contributed by atoms with Gasteiger partial charge in [0.2, 0.25) is 5.91 Å². The number of nitrogens with one attached hydrogen (secondary N) is 2. The van der Waals surface area contributed by atoms with Crippen molar-refractivity contribution in [2.45, 2.75) is 35.3 Å². The average Bonchev–Trinajstić information content (AvgIpc) is 2.76. The highest BCUT2D eigenvalue weighted by molar-refractivity contribution is 8.00. The highest BCUT2D eigenvalue weighted by Gasteiger charge is 2.19. The van der Waals surface area contributed by atoms with Gasteiger partial charge in [-0.2, -0.15) is 0 Å². The van der Waals surface area contributed by atoms with E-state index in [9.17, 15) is 13.2 Å². The summed E-state index contributed by atoms with van der Waals surface area (Å²) in [6.07, 6.45) is 0.633. The van der Waals surface area contributed by atoms with Crippen molar-refractivity contribution < 1.29 is 13.2 Å². The van der Waals surface area contributed by atoms with Crippen LogP contribution in [0.25, 0.3) is 0 Å². The maximum Gasteiger partial charge on any atom is 0.261 e. The van der Waals surface area contributed by atoms with E-state index in [4.69, 9.17) is 23.2 Å². The quantitative estimate of drug-likeness (QED) is 0.335. The molecule has 1 unspecified atom stereocenters. The first-order valence-electron chi connectivity index (χ1n) is 9.80. The third-order valence-electron chi connectivity index (χ3n) is 4.63. The average molecular weight is 509 g/mol. The van der Waals surface area contributed by atoms with Crippen molar-refractivity contribution in [3.8, 4) is 0 Å². The second-order valence-electron chi connectivity index (χ2n) is 7.05. The van der Waals surface area contributed by atoms with Crippen LogP contribution in [0.2, 0.25) is 10.0 Å². The summed E-state index contributed by atoms with van der Waals surface area (Å²) < 4.78 is 28.0. The van der Waals surface area contributed by atoms with Gasteiger partial charge in [0.1, 0.15) is 0 Å². The predicted molar refractivity (Wildman–Crippen MR) is 133 cm³/mol. The summed E-state index contributed by atoms with van der Waals surface area (Å²) in [5.41, 5.74) is 1.69. The van der Waals surface area contributed by atoms with Crippen molar-refractivity contribution in [1.29, 1.82) is 0 Å². The zero-order valence-corrected chi connectivity index (χ0v) is 20.6. The summed E-state index contributed by atoms with van der Waals surface area (Å²) in [6.45, 7) is 3.73. The number of benzene rings is 3. The Labute approximate surface area is 202 Å². The molecule has 1 atom stereocenters. The molecule has 3 rings (SSSR count). The molecular formula is C23H22Cl2N2O3S2. The highest BCUT2D eigenvalue weighted by Crippen LogP contribution is 2.28. The maximum atomic E-state index is 12.7. The van der Waals surface area contributed by atoms with E-state index in [2.05, 4.69) is 10.0 Å². The fourth-order valence-electron chi connectivity index (χ4n) is 2.85. The maximum absolute atomic E-state index is 12.7. The van der Waals surface area contributed by atoms with Gasteiger partial charge >= 0.3 is 0 Å². The fraction of sp³-hybridized carbons (Fsp3) is 0.174. The minimum Gasteiger partial charge on any atom is -0.325 e. The molecule has 0 aromatic heterocycles. The Morgan fingerprint density at radius 3 is 2.22 bits per heavy atom. The molecule has 0 saturated carbocycles. The molecule has 0 radical (unpaired) electrons. The van der Waals surface area contributed by atoms with Crippen LogP contribution in [0.3, 0.4) is 0 Å². The molecule has 0 aliphatic heterocycles. The van der Waals surface area contributed by atoms with Gasteiger partial charge in [-0.15, -0.1) is 11.8 Å². The van der Waals surface area contributed by atoms with Gasteiger partial charge in [0.15, 0.2) is 0 Å². The van der Waals surface area contributed by atoms with E-state index in [1.54, 1.807) is 49.4 Å². The van der Waals surface area contributed by atoms with Gasteiger partial charge in [0, 0.05) is 20.6 Å². The van der Waals surface area contributed by atoms with Crippen LogP contribution in [0.15, 0.2) is 76.5 Å². The minimum atomic E-state index is -3.80. The zero-order chi connectivity index (χ0) is 23.3. The Balaban J connectivity index is 1.68. The molecule has 0 aliphatic carbocycles. The number of aryl methyl sites for hydroxylation is 1. The van der Waals surface area contributed by atoms with Crippen LogP contribution in [0.1, 0.15) is 18.9 Å². The smallest absolute Gasteiger partial charge is 0.261 e. The molecule has 9 heteroatoms. The molecule has 5 nitrogen and oxygen atoms in total. The first-order chi connectivity index (χ1) is 15.2. The molecule has 0 spiro atoms. The van der Waals surface area contributed by atoms with Crippen molar-refractivity contribution >= 4 is 62.3 Å². The Morgan fingerprint density at radius 2 is 1.59 bits per heavy atom. The Morgan fingerprint density at radius 1 is 0.969 bits per heavy atom. The number of sulfonamides is 1. The van der Waals surface area contributed by atoms with Crippen LogP contribution in [0, 0.1) is 6.92 Å². The van der Waals surface area contributed by atoms with E-state index in [1.165, 1.54) is 23.9 Å². The van der Waals surface area contributed by atoms with Crippen LogP contribution in [-0.4, -0.2) is 19.6 Å². The van der Waals surface area contributed by atoms with E-state index < -0.39 is 10.0 Å². The number of anilines is 2. The predicted octanol–water partition coefficient (Wildman–Crippen LogP) is 6.61. The molecule has 0 fully saturated rings. The number of amides is 1. The number of hydrogen-bond acceptors (Lipinski definition) is 4. The van der Waals surface area contributed by atoms with Gasteiger partial charge in [-0.25, -0.2) is 8.42 Å². The van der Waals surface area contributed by atoms with Crippen LogP contribution in [0.4, 0.5) is 11.4 Å². The lowest BCUT2D eigenvalue weighted by Crippen LogP contribution is -2.24. The summed E-state index contributed by atoms with van der Waals surface area (Å²) >= 11 is 13.3. The van der Waals surface area contributed by atoms with E-state index in [-0.39, 0.29) is 16.1 Å². The lowest BCUT2D eigenvalue weighted by Gasteiger charge is -2.15. The van der Waals surface area contributed by atoms with Gasteiger partial charge in [-0.1, -0.05) is 36.2 Å². The normalized spacial score (nSPS) is 12.2. The standard InChI is InChI=1S/C23H22Cl2N2O3S2/c1-3-22(31-19-10-6-16(24)7-11-19)23(28)26-18-8-12-20(13-9-18)32(29,30)27-21-14-17(25)5-4-15(21)2/h4-14,22,27H,3H2,1-2H3,(H,26,28). The van der Waals surface area contributed by atoms with Crippen molar-refractivity contribution in [2.75, 3.05) is 10.0 Å². The number of halogens is 2. The van der Waals surface area contributed by atoms with Crippen molar-refractivity contribution in [3.05, 3.63) is 82.3 Å². The Hall–Kier alpha value is -2.19. The zero-order valence-electron chi connectivity index (χ0n) is 17.4. The van der Waals surface area contributed by atoms with Crippen LogP contribution in [0.5, 0.6) is 0 Å². The number of hydrogen-bond donors (Lipinski definition) is 2. The lowest BCUT2D eigenvalue weighted by atomic mass is 10.2. The molecule has 0 bridgehead atoms. The SMILES string of the molecule is CCC(Sc1ccc(Cl)cc1)C(=O)Nc1ccc(S(=O)(=O)Nc2cc(Cl)ccc2C)cc1. The number of carbonyl (C=O) groups is 1. The fourth-order valence-corrected chi connectivity index (χ4v) is 5.22. The summed E-state index contributed by atoms with van der Waals surface area (Å²) in [5.74, 6) is -0.157. The molecular weight excluding hydrogens is 487 g/mol. The van der Waals surface area contributed by atoms with Crippen molar-refractivity contribution in [3.63, 3.8) is 0 Å². The molecule has 2 N–H and O–H groups in total. The van der Waals surface area contributed by atoms with Gasteiger partial charge in [0.25, 0.3) is 10.0 Å². The van der Waals surface area contributed by atoms with Crippen molar-refractivity contribution in [1.82, 2.24) is 0 Å². The third kappa shape index (κ3) is 6.42. The molecule has 1 amide bonds. The topological polar surface area (TPSA) is 75.3 Å². The Kier molecular flexibility index (Phi) is 8.11. The van der Waals surface area contributed by atoms with Crippen LogP contribution in [-0.2, 0) is 14.8 Å². The van der Waals surface area contributed by atoms with Crippen molar-refractivity contribution in [2.24, 2.45) is 0 Å². The highest BCUT2D eigenvalue weighted by atomic mass is 35.5. The van der Waals surface area contributed by atoms with Gasteiger partial charge < -0.3 is 5.32 Å². The van der Waals surface area contributed by atoms with Gasteiger partial charge in [0.05, 0.1) is 15.8 Å². The monoisotopic (exact) mass is 508 g/mol. The molecule has 0 saturated heterocycles. The second-order valence-corrected chi connectivity index (χ2v) is 10.9. The number of carbonyl (C=O) groups excluding carboxylic acids is 1. The summed E-state index contributed by atoms with van der Waals surface area (Å²) in [7, 11) is -3.80. The summed E-state index contributed by atoms with van der Waals surface area (Å²) in [6, 6.07) is 18.3. The summed E-state index contributed by atoms with van der Waals surface area (Å²) in [4.78, 5) is 13.7. The third-order valence-corrected chi connectivity index (χ3v) is 7.88. The first kappa shape index (κ1) is 24.5. The summed E-state index contributed by atoms with van der Waals surface area (Å²) in [5, 5.41) is 3.63. The number of rotatable bonds is 8. The molecule has 32 heavy (non-hydrogen) atoms. The van der Waals surface area contributed by atoms with Gasteiger partial charge in [-0.05, 0) is 79.6 Å². The van der Waals surface area contributed by atoms with Crippen LogP contribution >= 0.6 is 35.0 Å². The van der Waals surface area contributed by atoms with E-state index in [1.807, 2.05) is 19.1 Å². The second kappa shape index (κ2) is 10.6. The van der Waals surface area contributed by atoms with Crippen LogP contribution < -0.4 is 10.0 Å². The molecule has 3 aromatic carbocycles. The molecule has 168 valence electrons. The lowest BCUT2D eigenvalue weighted by molar-refractivity contribution is -0.115. The minimum absolute atomic E-state index is 0.0810. The van der Waals surface area contributed by atoms with E-state index >= 15 is 0 Å². The first-order valence-corrected chi connectivity index (χ1v) is 12.9. The largest absolute Gasteiger partial charge is 0.325 e. The van der Waals surface area contributed by atoms with Gasteiger partial charge in [-0.3, -0.25) is 9.52 Å². The molecule has 0 aliphatic rings.